The van der Waals surface area contributed by atoms with E-state index in [-0.39, 0.29) is 5.91 Å². The summed E-state index contributed by atoms with van der Waals surface area (Å²) in [4.78, 5) is 23.2. The fourth-order valence-corrected chi connectivity index (χ4v) is 2.90. The molecule has 0 spiro atoms. The van der Waals surface area contributed by atoms with Crippen LogP contribution in [0.5, 0.6) is 0 Å². The van der Waals surface area contributed by atoms with Crippen molar-refractivity contribution < 1.29 is 14.7 Å². The Kier molecular flexibility index (Phi) is 3.90. The number of carboxylic acid groups (broad SMARTS) is 1. The molecule has 0 saturated heterocycles. The van der Waals surface area contributed by atoms with Gasteiger partial charge in [-0.2, -0.15) is 0 Å². The SMILES string of the molecule is CCC1CC(C(=O)O)C(C(=O)Nc2cnns2)C1. The van der Waals surface area contributed by atoms with E-state index in [1.54, 1.807) is 0 Å². The van der Waals surface area contributed by atoms with E-state index >= 15 is 0 Å². The summed E-state index contributed by atoms with van der Waals surface area (Å²) in [5.74, 6) is -1.82. The van der Waals surface area contributed by atoms with Gasteiger partial charge in [0.15, 0.2) is 0 Å². The van der Waals surface area contributed by atoms with E-state index < -0.39 is 17.8 Å². The van der Waals surface area contributed by atoms with Crippen LogP contribution in [0.15, 0.2) is 6.20 Å². The lowest BCUT2D eigenvalue weighted by Crippen LogP contribution is -2.29. The first-order valence-corrected chi connectivity index (χ1v) is 6.70. The highest BCUT2D eigenvalue weighted by Gasteiger charge is 2.42. The van der Waals surface area contributed by atoms with Crippen molar-refractivity contribution >= 4 is 28.4 Å². The third-order valence-corrected chi connectivity index (χ3v) is 4.08. The van der Waals surface area contributed by atoms with E-state index in [0.29, 0.717) is 23.8 Å². The topological polar surface area (TPSA) is 92.2 Å². The van der Waals surface area contributed by atoms with Crippen LogP contribution < -0.4 is 5.32 Å². The Labute approximate surface area is 109 Å². The van der Waals surface area contributed by atoms with Crippen LogP contribution in [0.3, 0.4) is 0 Å². The van der Waals surface area contributed by atoms with Crippen molar-refractivity contribution in [2.45, 2.75) is 26.2 Å². The van der Waals surface area contributed by atoms with E-state index in [9.17, 15) is 9.59 Å². The molecular weight excluding hydrogens is 254 g/mol. The van der Waals surface area contributed by atoms with Crippen LogP contribution in [0.25, 0.3) is 0 Å². The first kappa shape index (κ1) is 12.9. The summed E-state index contributed by atoms with van der Waals surface area (Å²) in [6, 6.07) is 0. The fourth-order valence-electron chi connectivity index (χ4n) is 2.48. The average Bonchev–Trinajstić information content (AvgIpc) is 2.96. The maximum atomic E-state index is 12.1. The number of hydrogen-bond acceptors (Lipinski definition) is 5. The lowest BCUT2D eigenvalue weighted by atomic mass is 9.95. The van der Waals surface area contributed by atoms with Gasteiger partial charge < -0.3 is 10.4 Å². The van der Waals surface area contributed by atoms with Gasteiger partial charge in [0.25, 0.3) is 0 Å². The Hall–Kier alpha value is -1.50. The van der Waals surface area contributed by atoms with Crippen LogP contribution in [0, 0.1) is 17.8 Å². The molecule has 98 valence electrons. The molecule has 1 amide bonds. The molecule has 0 radical (unpaired) electrons. The summed E-state index contributed by atoms with van der Waals surface area (Å²) in [6.07, 6.45) is 3.61. The van der Waals surface area contributed by atoms with Crippen LogP contribution in [0.1, 0.15) is 26.2 Å². The van der Waals surface area contributed by atoms with Gasteiger partial charge in [0.2, 0.25) is 5.91 Å². The maximum absolute atomic E-state index is 12.1. The van der Waals surface area contributed by atoms with Gasteiger partial charge in [-0.1, -0.05) is 17.8 Å². The average molecular weight is 269 g/mol. The summed E-state index contributed by atoms with van der Waals surface area (Å²) in [5, 5.41) is 16.0. The van der Waals surface area contributed by atoms with Gasteiger partial charge in [0.05, 0.1) is 18.0 Å². The largest absolute Gasteiger partial charge is 0.481 e. The van der Waals surface area contributed by atoms with Crippen molar-refractivity contribution in [3.05, 3.63) is 6.20 Å². The van der Waals surface area contributed by atoms with Crippen LogP contribution in [-0.4, -0.2) is 26.6 Å². The minimum atomic E-state index is -0.881. The first-order valence-electron chi connectivity index (χ1n) is 5.92. The molecule has 1 heterocycles. The zero-order valence-electron chi connectivity index (χ0n) is 10.00. The van der Waals surface area contributed by atoms with E-state index in [1.807, 2.05) is 6.92 Å². The summed E-state index contributed by atoms with van der Waals surface area (Å²) >= 11 is 1.09. The highest BCUT2D eigenvalue weighted by atomic mass is 32.1. The zero-order chi connectivity index (χ0) is 13.1. The standard InChI is InChI=1S/C11H15N3O3S/c1-2-6-3-7(8(4-6)11(16)17)10(15)13-9-5-12-14-18-9/h5-8H,2-4H2,1H3,(H,13,15)(H,16,17). The second-order valence-electron chi connectivity index (χ2n) is 4.57. The summed E-state index contributed by atoms with van der Waals surface area (Å²) in [5.41, 5.74) is 0. The molecular formula is C11H15N3O3S. The zero-order valence-corrected chi connectivity index (χ0v) is 10.8. The molecule has 3 atom stereocenters. The molecule has 2 N–H and O–H groups in total. The van der Waals surface area contributed by atoms with E-state index in [2.05, 4.69) is 14.9 Å². The predicted octanol–water partition coefficient (Wildman–Crippen LogP) is 1.61. The van der Waals surface area contributed by atoms with Gasteiger partial charge >= 0.3 is 5.97 Å². The quantitative estimate of drug-likeness (QED) is 0.866. The van der Waals surface area contributed by atoms with Crippen LogP contribution >= 0.6 is 11.5 Å². The molecule has 1 saturated carbocycles. The molecule has 2 rings (SSSR count). The third-order valence-electron chi connectivity index (χ3n) is 3.50. The Bertz CT molecular complexity index is 435. The van der Waals surface area contributed by atoms with Gasteiger partial charge in [-0.25, -0.2) is 0 Å². The molecule has 1 aliphatic rings. The Balaban J connectivity index is 2.05. The second-order valence-corrected chi connectivity index (χ2v) is 5.35. The highest BCUT2D eigenvalue weighted by molar-refractivity contribution is 7.10. The van der Waals surface area contributed by atoms with Crippen LogP contribution in [0.2, 0.25) is 0 Å². The van der Waals surface area contributed by atoms with Crippen molar-refractivity contribution in [3.63, 3.8) is 0 Å². The summed E-state index contributed by atoms with van der Waals surface area (Å²) in [6.45, 7) is 2.02. The molecule has 1 aliphatic carbocycles. The Morgan fingerprint density at radius 3 is 2.78 bits per heavy atom. The molecule has 1 aromatic heterocycles. The lowest BCUT2D eigenvalue weighted by molar-refractivity contribution is -0.145. The minimum Gasteiger partial charge on any atom is -0.481 e. The number of carbonyl (C=O) groups excluding carboxylic acids is 1. The normalized spacial score (nSPS) is 27.1. The van der Waals surface area contributed by atoms with Crippen molar-refractivity contribution in [1.29, 1.82) is 0 Å². The fraction of sp³-hybridized carbons (Fsp3) is 0.636. The van der Waals surface area contributed by atoms with Crippen LogP contribution in [-0.2, 0) is 9.59 Å². The van der Waals surface area contributed by atoms with Gasteiger partial charge in [-0.05, 0) is 18.8 Å². The van der Waals surface area contributed by atoms with Gasteiger partial charge in [-0.15, -0.1) is 5.10 Å². The monoisotopic (exact) mass is 269 g/mol. The Morgan fingerprint density at radius 1 is 1.50 bits per heavy atom. The van der Waals surface area contributed by atoms with Crippen molar-refractivity contribution in [3.8, 4) is 0 Å². The number of amides is 1. The van der Waals surface area contributed by atoms with Gasteiger partial charge in [-0.3, -0.25) is 9.59 Å². The number of anilines is 1. The number of hydrogen-bond donors (Lipinski definition) is 2. The number of carboxylic acids is 1. The number of aromatic nitrogens is 2. The molecule has 1 aromatic rings. The first-order chi connectivity index (χ1) is 8.61. The second kappa shape index (κ2) is 5.43. The van der Waals surface area contributed by atoms with Crippen molar-refractivity contribution in [2.75, 3.05) is 5.32 Å². The smallest absolute Gasteiger partial charge is 0.307 e. The van der Waals surface area contributed by atoms with Crippen molar-refractivity contribution in [2.24, 2.45) is 17.8 Å². The molecule has 6 nitrogen and oxygen atoms in total. The van der Waals surface area contributed by atoms with Gasteiger partial charge in [0, 0.05) is 11.5 Å². The highest BCUT2D eigenvalue weighted by Crippen LogP contribution is 2.39. The van der Waals surface area contributed by atoms with Gasteiger partial charge in [0.1, 0.15) is 5.00 Å². The predicted molar refractivity (Wildman–Crippen MR) is 66.2 cm³/mol. The molecule has 0 aromatic carbocycles. The Morgan fingerprint density at radius 2 is 2.22 bits per heavy atom. The van der Waals surface area contributed by atoms with E-state index in [0.717, 1.165) is 18.0 Å². The molecule has 0 aliphatic heterocycles. The molecule has 18 heavy (non-hydrogen) atoms. The summed E-state index contributed by atoms with van der Waals surface area (Å²) in [7, 11) is 0. The van der Waals surface area contributed by atoms with Crippen LogP contribution in [0.4, 0.5) is 5.00 Å². The minimum absolute atomic E-state index is 0.232. The number of carbonyl (C=O) groups is 2. The molecule has 0 bridgehead atoms. The number of rotatable bonds is 4. The number of aliphatic carboxylic acids is 1. The number of nitrogens with zero attached hydrogens (tertiary/aromatic N) is 2. The van der Waals surface area contributed by atoms with E-state index in [4.69, 9.17) is 5.11 Å². The van der Waals surface area contributed by atoms with Crippen molar-refractivity contribution in [1.82, 2.24) is 9.59 Å². The third kappa shape index (κ3) is 2.66. The molecule has 3 unspecified atom stereocenters. The number of nitrogens with one attached hydrogen (secondary N) is 1. The molecule has 7 heteroatoms. The molecule has 1 fully saturated rings. The summed E-state index contributed by atoms with van der Waals surface area (Å²) < 4.78 is 3.65. The maximum Gasteiger partial charge on any atom is 0.307 e. The lowest BCUT2D eigenvalue weighted by Gasteiger charge is -2.14. The van der Waals surface area contributed by atoms with E-state index in [1.165, 1.54) is 6.20 Å².